The fourth-order valence-corrected chi connectivity index (χ4v) is 1.94. The first kappa shape index (κ1) is 10.4. The van der Waals surface area contributed by atoms with Gasteiger partial charge in [-0.25, -0.2) is 9.97 Å². The Morgan fingerprint density at radius 1 is 1.40 bits per heavy atom. The Bertz CT molecular complexity index is 328. The van der Waals surface area contributed by atoms with Crippen LogP contribution in [0.5, 0.6) is 0 Å². The van der Waals surface area contributed by atoms with Gasteiger partial charge in [0.15, 0.2) is 0 Å². The van der Waals surface area contributed by atoms with Gasteiger partial charge in [-0.2, -0.15) is 0 Å². The molecule has 82 valence electrons. The van der Waals surface area contributed by atoms with Crippen LogP contribution in [0.3, 0.4) is 0 Å². The van der Waals surface area contributed by atoms with Crippen molar-refractivity contribution in [1.29, 1.82) is 0 Å². The molecule has 0 saturated heterocycles. The molecule has 0 atom stereocenters. The predicted molar refractivity (Wildman–Crippen MR) is 59.0 cm³/mol. The number of anilines is 1. The first-order valence-corrected chi connectivity index (χ1v) is 5.47. The van der Waals surface area contributed by atoms with E-state index >= 15 is 0 Å². The molecular formula is C11H17N3O. The Hall–Kier alpha value is -1.16. The lowest BCUT2D eigenvalue weighted by Gasteiger charge is -2.08. The summed E-state index contributed by atoms with van der Waals surface area (Å²) in [7, 11) is 1.72. The highest BCUT2D eigenvalue weighted by Crippen LogP contribution is 2.24. The van der Waals surface area contributed by atoms with Gasteiger partial charge in [0.05, 0.1) is 0 Å². The van der Waals surface area contributed by atoms with Crippen molar-refractivity contribution in [3.8, 4) is 0 Å². The van der Waals surface area contributed by atoms with Gasteiger partial charge in [0, 0.05) is 31.5 Å². The molecule has 0 aromatic carbocycles. The summed E-state index contributed by atoms with van der Waals surface area (Å²) in [6.07, 6.45) is 6.09. The van der Waals surface area contributed by atoms with Gasteiger partial charge < -0.3 is 10.1 Å². The van der Waals surface area contributed by atoms with Crippen LogP contribution in [0.25, 0.3) is 0 Å². The summed E-state index contributed by atoms with van der Waals surface area (Å²) in [5.74, 6) is 1.02. The Labute approximate surface area is 90.1 Å². The van der Waals surface area contributed by atoms with Crippen LogP contribution in [0, 0.1) is 0 Å². The number of nitrogens with one attached hydrogen (secondary N) is 1. The molecule has 0 spiro atoms. The first-order valence-electron chi connectivity index (χ1n) is 5.47. The van der Waals surface area contributed by atoms with Crippen molar-refractivity contribution in [3.63, 3.8) is 0 Å². The molecule has 4 heteroatoms. The molecule has 15 heavy (non-hydrogen) atoms. The zero-order valence-corrected chi connectivity index (χ0v) is 9.12. The minimum absolute atomic E-state index is 0.792. The highest BCUT2D eigenvalue weighted by Gasteiger charge is 2.16. The smallest absolute Gasteiger partial charge is 0.132 e. The SMILES string of the molecule is COCCCNc1ncnc2c1CCC2. The van der Waals surface area contributed by atoms with E-state index in [0.717, 1.165) is 38.2 Å². The number of fused-ring (bicyclic) bond motifs is 1. The maximum atomic E-state index is 5.00. The monoisotopic (exact) mass is 207 g/mol. The number of aromatic nitrogens is 2. The Balaban J connectivity index is 1.94. The summed E-state index contributed by atoms with van der Waals surface area (Å²) >= 11 is 0. The second kappa shape index (κ2) is 5.07. The second-order valence-electron chi connectivity index (χ2n) is 3.77. The zero-order valence-electron chi connectivity index (χ0n) is 9.12. The van der Waals surface area contributed by atoms with E-state index in [2.05, 4.69) is 15.3 Å². The summed E-state index contributed by atoms with van der Waals surface area (Å²) in [4.78, 5) is 8.57. The van der Waals surface area contributed by atoms with Crippen LogP contribution in [-0.2, 0) is 17.6 Å². The summed E-state index contributed by atoms with van der Waals surface area (Å²) < 4.78 is 5.00. The van der Waals surface area contributed by atoms with E-state index in [1.807, 2.05) is 0 Å². The summed E-state index contributed by atoms with van der Waals surface area (Å²) in [5, 5.41) is 3.35. The largest absolute Gasteiger partial charge is 0.385 e. The van der Waals surface area contributed by atoms with Crippen molar-refractivity contribution in [1.82, 2.24) is 9.97 Å². The molecule has 0 amide bonds. The molecule has 1 heterocycles. The fourth-order valence-electron chi connectivity index (χ4n) is 1.94. The van der Waals surface area contributed by atoms with E-state index in [9.17, 15) is 0 Å². The molecule has 0 fully saturated rings. The number of hydrogen-bond donors (Lipinski definition) is 1. The standard InChI is InChI=1S/C11H17N3O/c1-15-7-3-6-12-11-9-4-2-5-10(9)13-8-14-11/h8H,2-7H2,1H3,(H,12,13,14). The third kappa shape index (κ3) is 2.45. The molecule has 0 unspecified atom stereocenters. The Morgan fingerprint density at radius 2 is 2.33 bits per heavy atom. The van der Waals surface area contributed by atoms with Gasteiger partial charge in [0.1, 0.15) is 12.1 Å². The van der Waals surface area contributed by atoms with Crippen molar-refractivity contribution in [3.05, 3.63) is 17.6 Å². The Kier molecular flexibility index (Phi) is 3.50. The number of rotatable bonds is 5. The molecule has 0 aliphatic heterocycles. The number of hydrogen-bond acceptors (Lipinski definition) is 4. The topological polar surface area (TPSA) is 47.0 Å². The van der Waals surface area contributed by atoms with Crippen LogP contribution in [0.1, 0.15) is 24.1 Å². The lowest BCUT2D eigenvalue weighted by Crippen LogP contribution is -2.08. The van der Waals surface area contributed by atoms with Gasteiger partial charge in [-0.1, -0.05) is 0 Å². The number of nitrogens with zero attached hydrogens (tertiary/aromatic N) is 2. The molecule has 1 aliphatic rings. The highest BCUT2D eigenvalue weighted by molar-refractivity contribution is 5.47. The van der Waals surface area contributed by atoms with Gasteiger partial charge in [0.2, 0.25) is 0 Å². The normalized spacial score (nSPS) is 13.9. The number of methoxy groups -OCH3 is 1. The van der Waals surface area contributed by atoms with E-state index in [0.29, 0.717) is 0 Å². The predicted octanol–water partition coefficient (Wildman–Crippen LogP) is 1.41. The van der Waals surface area contributed by atoms with E-state index < -0.39 is 0 Å². The maximum absolute atomic E-state index is 5.00. The second-order valence-corrected chi connectivity index (χ2v) is 3.77. The van der Waals surface area contributed by atoms with Gasteiger partial charge in [-0.05, 0) is 25.7 Å². The third-order valence-corrected chi connectivity index (χ3v) is 2.69. The molecule has 0 saturated carbocycles. The van der Waals surface area contributed by atoms with E-state index in [1.165, 1.54) is 17.7 Å². The lowest BCUT2D eigenvalue weighted by molar-refractivity contribution is 0.197. The van der Waals surface area contributed by atoms with Crippen LogP contribution in [0.4, 0.5) is 5.82 Å². The number of ether oxygens (including phenoxy) is 1. The van der Waals surface area contributed by atoms with Crippen molar-refractivity contribution < 1.29 is 4.74 Å². The molecule has 2 rings (SSSR count). The number of aryl methyl sites for hydroxylation is 1. The molecule has 1 aliphatic carbocycles. The molecular weight excluding hydrogens is 190 g/mol. The minimum atomic E-state index is 0.792. The van der Waals surface area contributed by atoms with Gasteiger partial charge in [0.25, 0.3) is 0 Å². The molecule has 1 aromatic heterocycles. The van der Waals surface area contributed by atoms with Crippen molar-refractivity contribution in [2.24, 2.45) is 0 Å². The van der Waals surface area contributed by atoms with Gasteiger partial charge in [-0.3, -0.25) is 0 Å². The van der Waals surface area contributed by atoms with E-state index in [-0.39, 0.29) is 0 Å². The van der Waals surface area contributed by atoms with Crippen molar-refractivity contribution in [2.45, 2.75) is 25.7 Å². The van der Waals surface area contributed by atoms with Crippen molar-refractivity contribution in [2.75, 3.05) is 25.6 Å². The van der Waals surface area contributed by atoms with E-state index in [1.54, 1.807) is 13.4 Å². The van der Waals surface area contributed by atoms with Crippen LogP contribution in [0.2, 0.25) is 0 Å². The summed E-state index contributed by atoms with van der Waals surface area (Å²) in [6, 6.07) is 0. The first-order chi connectivity index (χ1) is 7.42. The van der Waals surface area contributed by atoms with Gasteiger partial charge in [-0.15, -0.1) is 0 Å². The quantitative estimate of drug-likeness (QED) is 0.742. The molecule has 0 radical (unpaired) electrons. The van der Waals surface area contributed by atoms with Crippen LogP contribution in [-0.4, -0.2) is 30.2 Å². The Morgan fingerprint density at radius 3 is 3.20 bits per heavy atom. The fraction of sp³-hybridized carbons (Fsp3) is 0.636. The molecule has 1 N–H and O–H groups in total. The summed E-state index contributed by atoms with van der Waals surface area (Å²) in [5.41, 5.74) is 2.54. The van der Waals surface area contributed by atoms with Crippen LogP contribution >= 0.6 is 0 Å². The molecule has 4 nitrogen and oxygen atoms in total. The average molecular weight is 207 g/mol. The van der Waals surface area contributed by atoms with Crippen molar-refractivity contribution >= 4 is 5.82 Å². The minimum Gasteiger partial charge on any atom is -0.385 e. The van der Waals surface area contributed by atoms with Crippen LogP contribution in [0.15, 0.2) is 6.33 Å². The molecule has 0 bridgehead atoms. The maximum Gasteiger partial charge on any atom is 0.132 e. The van der Waals surface area contributed by atoms with E-state index in [4.69, 9.17) is 4.74 Å². The molecule has 1 aromatic rings. The third-order valence-electron chi connectivity index (χ3n) is 2.69. The van der Waals surface area contributed by atoms with Crippen LogP contribution < -0.4 is 5.32 Å². The van der Waals surface area contributed by atoms with Gasteiger partial charge >= 0.3 is 0 Å². The zero-order chi connectivity index (χ0) is 10.5. The summed E-state index contributed by atoms with van der Waals surface area (Å²) in [6.45, 7) is 1.71. The average Bonchev–Trinajstić information content (AvgIpc) is 2.73. The highest BCUT2D eigenvalue weighted by atomic mass is 16.5. The lowest BCUT2D eigenvalue weighted by atomic mass is 10.2.